The Morgan fingerprint density at radius 2 is 1.80 bits per heavy atom. The lowest BCUT2D eigenvalue weighted by Gasteiger charge is -2.34. The fraction of sp³-hybridized carbons (Fsp3) is 0.818. The highest BCUT2D eigenvalue weighted by Crippen LogP contribution is 2.28. The summed E-state index contributed by atoms with van der Waals surface area (Å²) in [4.78, 5) is 24.1. The van der Waals surface area contributed by atoms with Gasteiger partial charge in [-0.15, -0.1) is 0 Å². The summed E-state index contributed by atoms with van der Waals surface area (Å²) in [5, 5.41) is 2.31. The van der Waals surface area contributed by atoms with Gasteiger partial charge in [0.05, 0.1) is 6.54 Å². The van der Waals surface area contributed by atoms with E-state index in [1.54, 1.807) is 4.90 Å². The Kier molecular flexibility index (Phi) is 4.98. The maximum Gasteiger partial charge on any atom is 0.415 e. The van der Waals surface area contributed by atoms with Crippen molar-refractivity contribution in [1.82, 2.24) is 10.2 Å². The quantitative estimate of drug-likeness (QED) is 0.640. The molecule has 0 bridgehead atoms. The maximum atomic E-state index is 12.6. The van der Waals surface area contributed by atoms with Gasteiger partial charge in [0.1, 0.15) is 0 Å². The normalized spacial score (nSPS) is 21.2. The van der Waals surface area contributed by atoms with E-state index in [-0.39, 0.29) is 12.6 Å². The fourth-order valence-electron chi connectivity index (χ4n) is 1.92. The van der Waals surface area contributed by atoms with Crippen LogP contribution in [0.3, 0.4) is 0 Å². The van der Waals surface area contributed by atoms with Crippen LogP contribution >= 0.6 is 0 Å². The van der Waals surface area contributed by atoms with Gasteiger partial charge in [-0.1, -0.05) is 0 Å². The third-order valence-corrected chi connectivity index (χ3v) is 3.36. The van der Waals surface area contributed by atoms with Gasteiger partial charge in [0.15, 0.2) is 5.54 Å². The average molecular weight is 296 g/mol. The van der Waals surface area contributed by atoms with Crippen LogP contribution in [0.5, 0.6) is 0 Å². The highest BCUT2D eigenvalue weighted by molar-refractivity contribution is 5.86. The van der Waals surface area contributed by atoms with E-state index >= 15 is 0 Å². The minimum Gasteiger partial charge on any atom is -0.369 e. The number of likely N-dealkylation sites (tertiary alicyclic amines) is 1. The topological polar surface area (TPSA) is 101 Å². The molecular formula is C11H19F3N4O2. The highest BCUT2D eigenvalue weighted by atomic mass is 19.4. The molecule has 0 aliphatic carbocycles. The summed E-state index contributed by atoms with van der Waals surface area (Å²) in [6, 6.07) is -0.378. The third-order valence-electron chi connectivity index (χ3n) is 3.36. The van der Waals surface area contributed by atoms with E-state index in [0.29, 0.717) is 32.9 Å². The number of alkyl halides is 3. The summed E-state index contributed by atoms with van der Waals surface area (Å²) in [5.74, 6) is -1.70. The second kappa shape index (κ2) is 5.96. The number of nitrogens with two attached hydrogens (primary N) is 2. The zero-order chi connectivity index (χ0) is 15.6. The minimum absolute atomic E-state index is 0.109. The molecule has 1 aliphatic heterocycles. The SMILES string of the molecule is CC(N)(C(=O)NC1CCN(CC(N)=O)CC1)C(F)(F)F. The van der Waals surface area contributed by atoms with E-state index < -0.39 is 23.5 Å². The van der Waals surface area contributed by atoms with Gasteiger partial charge in [-0.3, -0.25) is 14.5 Å². The predicted molar refractivity (Wildman–Crippen MR) is 65.4 cm³/mol. The van der Waals surface area contributed by atoms with Crippen molar-refractivity contribution in [2.75, 3.05) is 19.6 Å². The van der Waals surface area contributed by atoms with E-state index in [4.69, 9.17) is 11.5 Å². The Balaban J connectivity index is 2.48. The molecular weight excluding hydrogens is 277 g/mol. The lowest BCUT2D eigenvalue weighted by Crippen LogP contribution is -2.63. The van der Waals surface area contributed by atoms with Crippen molar-refractivity contribution in [2.45, 2.75) is 37.5 Å². The van der Waals surface area contributed by atoms with Crippen molar-refractivity contribution in [3.8, 4) is 0 Å². The van der Waals surface area contributed by atoms with Crippen LogP contribution in [0.4, 0.5) is 13.2 Å². The third kappa shape index (κ3) is 4.07. The summed E-state index contributed by atoms with van der Waals surface area (Å²) in [6.45, 7) is 1.73. The van der Waals surface area contributed by atoms with Crippen molar-refractivity contribution < 1.29 is 22.8 Å². The smallest absolute Gasteiger partial charge is 0.369 e. The van der Waals surface area contributed by atoms with Crippen molar-refractivity contribution in [1.29, 1.82) is 0 Å². The Morgan fingerprint density at radius 1 is 1.30 bits per heavy atom. The standard InChI is InChI=1S/C11H19F3N4O2/c1-10(16,11(12,13)14)9(20)17-7-2-4-18(5-3-7)6-8(15)19/h7H,2-6,16H2,1H3,(H2,15,19)(H,17,20). The van der Waals surface area contributed by atoms with Crippen LogP contribution in [0.1, 0.15) is 19.8 Å². The molecule has 1 rings (SSSR count). The number of primary amides is 1. The van der Waals surface area contributed by atoms with Gasteiger partial charge in [-0.05, 0) is 19.8 Å². The van der Waals surface area contributed by atoms with Crippen molar-refractivity contribution >= 4 is 11.8 Å². The Bertz CT molecular complexity index is 376. The summed E-state index contributed by atoms with van der Waals surface area (Å²) < 4.78 is 37.8. The summed E-state index contributed by atoms with van der Waals surface area (Å²) in [5.41, 5.74) is 7.19. The number of amides is 2. The molecule has 6 nitrogen and oxygen atoms in total. The van der Waals surface area contributed by atoms with Gasteiger partial charge in [0.25, 0.3) is 0 Å². The van der Waals surface area contributed by atoms with Gasteiger partial charge in [-0.2, -0.15) is 13.2 Å². The number of rotatable bonds is 4. The Labute approximate surface area is 114 Å². The molecule has 1 heterocycles. The number of hydrogen-bond acceptors (Lipinski definition) is 4. The zero-order valence-electron chi connectivity index (χ0n) is 11.2. The first-order chi connectivity index (χ1) is 9.04. The average Bonchev–Trinajstić information content (AvgIpc) is 2.29. The molecule has 116 valence electrons. The number of nitrogens with one attached hydrogen (secondary N) is 1. The molecule has 0 aromatic carbocycles. The van der Waals surface area contributed by atoms with E-state index in [0.717, 1.165) is 0 Å². The van der Waals surface area contributed by atoms with E-state index in [2.05, 4.69) is 5.32 Å². The molecule has 0 saturated carbocycles. The minimum atomic E-state index is -4.80. The second-order valence-corrected chi connectivity index (χ2v) is 5.19. The molecule has 0 aromatic rings. The molecule has 20 heavy (non-hydrogen) atoms. The molecule has 1 fully saturated rings. The number of hydrogen-bond donors (Lipinski definition) is 3. The zero-order valence-corrected chi connectivity index (χ0v) is 11.2. The lowest BCUT2D eigenvalue weighted by molar-refractivity contribution is -0.188. The van der Waals surface area contributed by atoms with Crippen molar-refractivity contribution in [3.05, 3.63) is 0 Å². The number of carbonyl (C=O) groups is 2. The maximum absolute atomic E-state index is 12.6. The number of nitrogens with zero attached hydrogens (tertiary/aromatic N) is 1. The van der Waals surface area contributed by atoms with E-state index in [9.17, 15) is 22.8 Å². The first-order valence-electron chi connectivity index (χ1n) is 6.21. The lowest BCUT2D eigenvalue weighted by atomic mass is 9.99. The van der Waals surface area contributed by atoms with Crippen LogP contribution < -0.4 is 16.8 Å². The molecule has 1 unspecified atom stereocenters. The van der Waals surface area contributed by atoms with Crippen LogP contribution in [0.15, 0.2) is 0 Å². The molecule has 1 atom stereocenters. The molecule has 1 saturated heterocycles. The van der Waals surface area contributed by atoms with Gasteiger partial charge in [-0.25, -0.2) is 0 Å². The molecule has 0 aromatic heterocycles. The number of piperidine rings is 1. The summed E-state index contributed by atoms with van der Waals surface area (Å²) in [6.07, 6.45) is -3.90. The number of carbonyl (C=O) groups excluding carboxylic acids is 2. The second-order valence-electron chi connectivity index (χ2n) is 5.19. The van der Waals surface area contributed by atoms with Crippen molar-refractivity contribution in [2.24, 2.45) is 11.5 Å². The largest absolute Gasteiger partial charge is 0.415 e. The highest BCUT2D eigenvalue weighted by Gasteiger charge is 2.54. The fourth-order valence-corrected chi connectivity index (χ4v) is 1.92. The molecule has 0 spiro atoms. The van der Waals surface area contributed by atoms with Gasteiger partial charge >= 0.3 is 6.18 Å². The Morgan fingerprint density at radius 3 is 2.20 bits per heavy atom. The molecule has 1 aliphatic rings. The monoisotopic (exact) mass is 296 g/mol. The van der Waals surface area contributed by atoms with Crippen molar-refractivity contribution in [3.63, 3.8) is 0 Å². The molecule has 0 radical (unpaired) electrons. The molecule has 5 N–H and O–H groups in total. The first-order valence-corrected chi connectivity index (χ1v) is 6.21. The van der Waals surface area contributed by atoms with Crippen LogP contribution in [0, 0.1) is 0 Å². The van der Waals surface area contributed by atoms with E-state index in [1.165, 1.54) is 0 Å². The Hall–Kier alpha value is -1.35. The molecule has 9 heteroatoms. The van der Waals surface area contributed by atoms with Crippen LogP contribution in [0.25, 0.3) is 0 Å². The van der Waals surface area contributed by atoms with E-state index in [1.807, 2.05) is 0 Å². The molecule has 2 amide bonds. The van der Waals surface area contributed by atoms with Gasteiger partial charge < -0.3 is 16.8 Å². The summed E-state index contributed by atoms with van der Waals surface area (Å²) in [7, 11) is 0. The van der Waals surface area contributed by atoms with Gasteiger partial charge in [0.2, 0.25) is 11.8 Å². The predicted octanol–water partition coefficient (Wildman–Crippen LogP) is -0.668. The van der Waals surface area contributed by atoms with Crippen LogP contribution in [-0.2, 0) is 9.59 Å². The van der Waals surface area contributed by atoms with Gasteiger partial charge in [0, 0.05) is 19.1 Å². The van der Waals surface area contributed by atoms with Crippen LogP contribution in [0.2, 0.25) is 0 Å². The van der Waals surface area contributed by atoms with Crippen LogP contribution in [-0.4, -0.2) is 54.1 Å². The summed E-state index contributed by atoms with van der Waals surface area (Å²) >= 11 is 0. The number of halogens is 3. The first kappa shape index (κ1) is 16.7.